The predicted octanol–water partition coefficient (Wildman–Crippen LogP) is 3.40. The first kappa shape index (κ1) is 13.4. The number of para-hydroxylation sites is 2. The molecule has 1 aromatic carbocycles. The van der Waals surface area contributed by atoms with Gasteiger partial charge < -0.3 is 10.2 Å². The lowest BCUT2D eigenvalue weighted by atomic mass is 10.1. The number of amides is 1. The molecule has 1 heterocycles. The molecule has 3 nitrogen and oxygen atoms in total. The van der Waals surface area contributed by atoms with Crippen molar-refractivity contribution in [3.05, 3.63) is 24.3 Å². The van der Waals surface area contributed by atoms with E-state index < -0.39 is 0 Å². The number of nitrogens with zero attached hydrogens (tertiary/aromatic N) is 1. The van der Waals surface area contributed by atoms with Gasteiger partial charge >= 0.3 is 0 Å². The van der Waals surface area contributed by atoms with Crippen LogP contribution in [-0.2, 0) is 4.79 Å². The van der Waals surface area contributed by atoms with E-state index in [9.17, 15) is 4.79 Å². The summed E-state index contributed by atoms with van der Waals surface area (Å²) < 4.78 is 0. The zero-order valence-electron chi connectivity index (χ0n) is 11.0. The van der Waals surface area contributed by atoms with Crippen molar-refractivity contribution < 1.29 is 4.79 Å². The molecule has 0 aliphatic carbocycles. The molecule has 0 saturated carbocycles. The van der Waals surface area contributed by atoms with Crippen LogP contribution in [-0.4, -0.2) is 22.8 Å². The molecule has 1 atom stereocenters. The van der Waals surface area contributed by atoms with Crippen LogP contribution in [0.3, 0.4) is 0 Å². The minimum Gasteiger partial charge on any atom is -0.379 e. The minimum absolute atomic E-state index is 0.0212. The summed E-state index contributed by atoms with van der Waals surface area (Å²) in [5.41, 5.74) is 1.96. The molecule has 1 aliphatic heterocycles. The van der Waals surface area contributed by atoms with E-state index in [4.69, 9.17) is 0 Å². The number of carbonyl (C=O) groups excluding carboxylic acids is 1. The summed E-state index contributed by atoms with van der Waals surface area (Å²) in [7, 11) is 0. The lowest BCUT2D eigenvalue weighted by molar-refractivity contribution is -0.117. The Balaban J connectivity index is 2.30. The van der Waals surface area contributed by atoms with Gasteiger partial charge in [0.05, 0.1) is 11.4 Å². The van der Waals surface area contributed by atoms with Gasteiger partial charge in [0.25, 0.3) is 0 Å². The van der Waals surface area contributed by atoms with Crippen molar-refractivity contribution in [2.75, 3.05) is 16.8 Å². The average Bonchev–Trinajstić information content (AvgIpc) is 2.56. The number of hydrogen-bond acceptors (Lipinski definition) is 2. The zero-order chi connectivity index (χ0) is 13.3. The van der Waals surface area contributed by atoms with Crippen LogP contribution in [0, 0.1) is 0 Å². The van der Waals surface area contributed by atoms with E-state index in [1.807, 2.05) is 29.2 Å². The lowest BCUT2D eigenvalue weighted by Crippen LogP contribution is -2.30. The number of hydrogen-bond donors (Lipinski definition) is 1. The smallest absolute Gasteiger partial charge is 0.228 e. The van der Waals surface area contributed by atoms with E-state index in [1.165, 1.54) is 0 Å². The van der Waals surface area contributed by atoms with Crippen molar-refractivity contribution in [3.8, 4) is 0 Å². The highest BCUT2D eigenvalue weighted by Crippen LogP contribution is 2.32. The second-order valence-electron chi connectivity index (χ2n) is 5.70. The van der Waals surface area contributed by atoms with E-state index >= 15 is 0 Å². The number of nitrogens with one attached hydrogen (secondary N) is 1. The van der Waals surface area contributed by atoms with Crippen LogP contribution in [0.15, 0.2) is 24.3 Å². The molecule has 1 saturated heterocycles. The molecule has 98 valence electrons. The van der Waals surface area contributed by atoms with Crippen LogP contribution in [0.1, 0.15) is 27.2 Å². The summed E-state index contributed by atoms with van der Waals surface area (Å²) in [5, 5.41) is 3.45. The number of halogens is 1. The van der Waals surface area contributed by atoms with Crippen molar-refractivity contribution in [3.63, 3.8) is 0 Å². The van der Waals surface area contributed by atoms with Crippen LogP contribution in [0.4, 0.5) is 11.4 Å². The van der Waals surface area contributed by atoms with Crippen LogP contribution < -0.4 is 10.2 Å². The highest BCUT2D eigenvalue weighted by Gasteiger charge is 2.30. The van der Waals surface area contributed by atoms with E-state index in [-0.39, 0.29) is 16.3 Å². The Morgan fingerprint density at radius 1 is 1.33 bits per heavy atom. The maximum Gasteiger partial charge on any atom is 0.228 e. The predicted molar refractivity (Wildman–Crippen MR) is 79.5 cm³/mol. The number of alkyl halides is 1. The van der Waals surface area contributed by atoms with Crippen molar-refractivity contribution in [2.45, 2.75) is 37.6 Å². The third-order valence-electron chi connectivity index (χ3n) is 2.78. The Bertz CT molecular complexity index is 453. The number of carbonyl (C=O) groups is 1. The topological polar surface area (TPSA) is 32.3 Å². The van der Waals surface area contributed by atoms with Gasteiger partial charge in [0.2, 0.25) is 5.91 Å². The highest BCUT2D eigenvalue weighted by atomic mass is 79.9. The number of benzene rings is 1. The van der Waals surface area contributed by atoms with E-state index in [1.54, 1.807) is 0 Å². The Labute approximate surface area is 117 Å². The van der Waals surface area contributed by atoms with E-state index in [2.05, 4.69) is 42.0 Å². The van der Waals surface area contributed by atoms with Crippen molar-refractivity contribution in [1.82, 2.24) is 0 Å². The van der Waals surface area contributed by atoms with Gasteiger partial charge in [-0.1, -0.05) is 28.1 Å². The monoisotopic (exact) mass is 310 g/mol. The summed E-state index contributed by atoms with van der Waals surface area (Å²) in [5.74, 6) is 0.181. The molecule has 0 bridgehead atoms. The molecule has 1 amide bonds. The van der Waals surface area contributed by atoms with E-state index in [0.29, 0.717) is 6.42 Å². The fraction of sp³-hybridized carbons (Fsp3) is 0.500. The summed E-state index contributed by atoms with van der Waals surface area (Å²) >= 11 is 3.52. The summed E-state index contributed by atoms with van der Waals surface area (Å²) in [6.45, 7) is 7.08. The molecule has 4 heteroatoms. The first-order chi connectivity index (χ1) is 8.37. The molecule has 2 rings (SSSR count). The van der Waals surface area contributed by atoms with Crippen molar-refractivity contribution in [1.29, 1.82) is 0 Å². The van der Waals surface area contributed by atoms with Gasteiger partial charge in [-0.25, -0.2) is 0 Å². The first-order valence-corrected chi connectivity index (χ1v) is 7.10. The van der Waals surface area contributed by atoms with Gasteiger partial charge in [0, 0.05) is 23.3 Å². The normalized spacial score (nSPS) is 20.3. The van der Waals surface area contributed by atoms with Gasteiger partial charge in [-0.05, 0) is 32.9 Å². The average molecular weight is 311 g/mol. The number of rotatable bonds is 2. The molecule has 0 spiro atoms. The maximum atomic E-state index is 12.0. The molecule has 1 aliphatic rings. The van der Waals surface area contributed by atoms with Gasteiger partial charge in [0.15, 0.2) is 0 Å². The van der Waals surface area contributed by atoms with Crippen LogP contribution >= 0.6 is 15.9 Å². The summed E-state index contributed by atoms with van der Waals surface area (Å²) in [4.78, 5) is 14.1. The minimum atomic E-state index is -0.0212. The Morgan fingerprint density at radius 3 is 2.56 bits per heavy atom. The number of anilines is 2. The van der Waals surface area contributed by atoms with E-state index in [0.717, 1.165) is 17.9 Å². The van der Waals surface area contributed by atoms with Gasteiger partial charge in [-0.2, -0.15) is 0 Å². The molecular weight excluding hydrogens is 292 g/mol. The molecule has 1 N–H and O–H groups in total. The summed E-state index contributed by atoms with van der Waals surface area (Å²) in [6.07, 6.45) is 0.573. The van der Waals surface area contributed by atoms with Crippen molar-refractivity contribution in [2.24, 2.45) is 0 Å². The van der Waals surface area contributed by atoms with Gasteiger partial charge in [0.1, 0.15) is 0 Å². The molecule has 0 radical (unpaired) electrons. The molecule has 18 heavy (non-hydrogen) atoms. The quantitative estimate of drug-likeness (QED) is 0.849. The summed E-state index contributed by atoms with van der Waals surface area (Å²) in [6, 6.07) is 7.98. The molecule has 1 unspecified atom stereocenters. The highest BCUT2D eigenvalue weighted by molar-refractivity contribution is 9.09. The maximum absolute atomic E-state index is 12.0. The second-order valence-corrected chi connectivity index (χ2v) is 6.99. The second kappa shape index (κ2) is 4.92. The van der Waals surface area contributed by atoms with Crippen LogP contribution in [0.5, 0.6) is 0 Å². The molecule has 1 aromatic rings. The Kier molecular flexibility index (Phi) is 3.66. The molecule has 1 fully saturated rings. The van der Waals surface area contributed by atoms with Crippen LogP contribution in [0.2, 0.25) is 0 Å². The largest absolute Gasteiger partial charge is 0.379 e. The Morgan fingerprint density at radius 2 is 2.00 bits per heavy atom. The van der Waals surface area contributed by atoms with Gasteiger partial charge in [-0.15, -0.1) is 0 Å². The fourth-order valence-corrected chi connectivity index (χ4v) is 2.68. The fourth-order valence-electron chi connectivity index (χ4n) is 2.12. The third kappa shape index (κ3) is 3.05. The molecular formula is C14H19BrN2O. The first-order valence-electron chi connectivity index (χ1n) is 6.18. The van der Waals surface area contributed by atoms with Crippen LogP contribution in [0.25, 0.3) is 0 Å². The third-order valence-corrected chi connectivity index (χ3v) is 3.40. The Hall–Kier alpha value is -1.03. The SMILES string of the molecule is CC(C)(C)Nc1ccccc1N1CC(Br)CC1=O. The van der Waals surface area contributed by atoms with Crippen molar-refractivity contribution >= 4 is 33.2 Å². The zero-order valence-corrected chi connectivity index (χ0v) is 12.6. The molecule has 0 aromatic heterocycles. The van der Waals surface area contributed by atoms with Gasteiger partial charge in [-0.3, -0.25) is 4.79 Å². The lowest BCUT2D eigenvalue weighted by Gasteiger charge is -2.27. The standard InChI is InChI=1S/C14H19BrN2O/c1-14(2,3)16-11-6-4-5-7-12(11)17-9-10(15)8-13(17)18/h4-7,10,16H,8-9H2,1-3H3.